The molecule has 1 aliphatic heterocycles. The summed E-state index contributed by atoms with van der Waals surface area (Å²) in [5.74, 6) is -2.33. The second kappa shape index (κ2) is 4.40. The number of benzene rings is 1. The Labute approximate surface area is 115 Å². The van der Waals surface area contributed by atoms with Gasteiger partial charge in [-0.25, -0.2) is 4.39 Å². The molecule has 0 spiro atoms. The van der Waals surface area contributed by atoms with Gasteiger partial charge in [-0.1, -0.05) is 0 Å². The highest BCUT2D eigenvalue weighted by Gasteiger charge is 2.38. The first-order valence-corrected chi connectivity index (χ1v) is 6.40. The van der Waals surface area contributed by atoms with Crippen LogP contribution < -0.4 is 4.90 Å². The summed E-state index contributed by atoms with van der Waals surface area (Å²) in [6.45, 7) is -0.184. The first-order chi connectivity index (χ1) is 9.49. The fourth-order valence-electron chi connectivity index (χ4n) is 2.34. The van der Waals surface area contributed by atoms with E-state index in [1.54, 1.807) is 11.9 Å². The van der Waals surface area contributed by atoms with Gasteiger partial charge in [0.2, 0.25) is 5.91 Å². The van der Waals surface area contributed by atoms with E-state index in [4.69, 9.17) is 0 Å². The molecule has 2 amide bonds. The molecule has 0 atom stereocenters. The summed E-state index contributed by atoms with van der Waals surface area (Å²) in [5, 5.41) is 0. The maximum atomic E-state index is 13.1. The number of fused-ring (bicyclic) bond motifs is 1. The van der Waals surface area contributed by atoms with Crippen LogP contribution in [0.5, 0.6) is 0 Å². The normalized spacial score (nSPS) is 17.4. The number of carbonyl (C=O) groups is 3. The maximum absolute atomic E-state index is 13.1. The second-order valence-electron chi connectivity index (χ2n) is 5.12. The highest BCUT2D eigenvalue weighted by Crippen LogP contribution is 2.30. The lowest BCUT2D eigenvalue weighted by molar-refractivity contribution is -0.130. The molecule has 0 saturated heterocycles. The summed E-state index contributed by atoms with van der Waals surface area (Å²) in [7, 11) is 1.69. The van der Waals surface area contributed by atoms with Gasteiger partial charge in [-0.15, -0.1) is 0 Å². The molecule has 1 aromatic rings. The Bertz CT molecular complexity index is 625. The Morgan fingerprint density at radius 1 is 1.40 bits per heavy atom. The van der Waals surface area contributed by atoms with Crippen molar-refractivity contribution in [1.82, 2.24) is 4.90 Å². The minimum Gasteiger partial charge on any atom is -0.341 e. The minimum absolute atomic E-state index is 0.0249. The number of likely N-dealkylation sites (N-methyl/N-ethyl adjacent to an activating group) is 1. The molecule has 1 fully saturated rings. The number of Topliss-reactive ketones (excluding diaryl/α,β-unsaturated/α-hetero) is 1. The van der Waals surface area contributed by atoms with Crippen LogP contribution in [0.3, 0.4) is 0 Å². The van der Waals surface area contributed by atoms with E-state index in [2.05, 4.69) is 0 Å². The zero-order chi connectivity index (χ0) is 14.4. The summed E-state index contributed by atoms with van der Waals surface area (Å²) in [6.07, 6.45) is 1.94. The molecule has 1 heterocycles. The molecular formula is C14H13FN2O3. The molecule has 2 aliphatic rings. The van der Waals surface area contributed by atoms with Crippen molar-refractivity contribution in [3.05, 3.63) is 29.6 Å². The van der Waals surface area contributed by atoms with Gasteiger partial charge < -0.3 is 4.90 Å². The second-order valence-corrected chi connectivity index (χ2v) is 5.12. The van der Waals surface area contributed by atoms with E-state index in [0.717, 1.165) is 23.8 Å². The summed E-state index contributed by atoms with van der Waals surface area (Å²) in [5.41, 5.74) is 0.329. The molecule has 1 aliphatic carbocycles. The van der Waals surface area contributed by atoms with E-state index in [-0.39, 0.29) is 24.1 Å². The Morgan fingerprint density at radius 3 is 2.75 bits per heavy atom. The topological polar surface area (TPSA) is 57.7 Å². The number of hydrogen-bond donors (Lipinski definition) is 0. The van der Waals surface area contributed by atoms with Crippen molar-refractivity contribution in [3.63, 3.8) is 0 Å². The van der Waals surface area contributed by atoms with Gasteiger partial charge in [-0.3, -0.25) is 19.3 Å². The molecule has 20 heavy (non-hydrogen) atoms. The van der Waals surface area contributed by atoms with Crippen molar-refractivity contribution in [1.29, 1.82) is 0 Å². The Morgan fingerprint density at radius 2 is 2.10 bits per heavy atom. The average Bonchev–Trinajstić information content (AvgIpc) is 3.23. The molecule has 0 unspecified atom stereocenters. The summed E-state index contributed by atoms with van der Waals surface area (Å²) in [4.78, 5) is 38.5. The lowest BCUT2D eigenvalue weighted by Crippen LogP contribution is -2.41. The molecule has 0 radical (unpaired) electrons. The molecule has 5 nitrogen and oxygen atoms in total. The Hall–Kier alpha value is -2.24. The number of ketones is 1. The molecule has 0 bridgehead atoms. The van der Waals surface area contributed by atoms with Crippen LogP contribution in [0.2, 0.25) is 0 Å². The van der Waals surface area contributed by atoms with Gasteiger partial charge in [0.05, 0.1) is 11.3 Å². The summed E-state index contributed by atoms with van der Waals surface area (Å²) >= 11 is 0. The fraction of sp³-hybridized carbons (Fsp3) is 0.357. The number of hydrogen-bond acceptors (Lipinski definition) is 3. The van der Waals surface area contributed by atoms with Gasteiger partial charge in [0, 0.05) is 13.1 Å². The lowest BCUT2D eigenvalue weighted by atomic mass is 10.1. The monoisotopic (exact) mass is 276 g/mol. The van der Waals surface area contributed by atoms with E-state index in [1.165, 1.54) is 12.1 Å². The van der Waals surface area contributed by atoms with Crippen molar-refractivity contribution in [2.24, 2.45) is 0 Å². The van der Waals surface area contributed by atoms with E-state index in [1.807, 2.05) is 0 Å². The van der Waals surface area contributed by atoms with Crippen molar-refractivity contribution >= 4 is 23.3 Å². The van der Waals surface area contributed by atoms with Crippen LogP contribution >= 0.6 is 0 Å². The Kier molecular flexibility index (Phi) is 2.81. The minimum atomic E-state index is -0.775. The SMILES string of the molecule is CN(C(=O)CN1C(=O)C(=O)c2cc(F)ccc21)C1CC1. The number of nitrogens with zero attached hydrogens (tertiary/aromatic N) is 2. The van der Waals surface area contributed by atoms with Crippen LogP contribution in [0.25, 0.3) is 0 Å². The first-order valence-electron chi connectivity index (χ1n) is 6.40. The number of rotatable bonds is 3. The highest BCUT2D eigenvalue weighted by molar-refractivity contribution is 6.52. The number of halogens is 1. The van der Waals surface area contributed by atoms with E-state index in [9.17, 15) is 18.8 Å². The molecular weight excluding hydrogens is 263 g/mol. The van der Waals surface area contributed by atoms with E-state index in [0.29, 0.717) is 5.69 Å². The maximum Gasteiger partial charge on any atom is 0.299 e. The van der Waals surface area contributed by atoms with Gasteiger partial charge in [-0.2, -0.15) is 0 Å². The van der Waals surface area contributed by atoms with Crippen LogP contribution in [0, 0.1) is 5.82 Å². The molecule has 0 N–H and O–H groups in total. The van der Waals surface area contributed by atoms with Gasteiger partial charge in [0.1, 0.15) is 12.4 Å². The Balaban J connectivity index is 1.85. The average molecular weight is 276 g/mol. The van der Waals surface area contributed by atoms with E-state index < -0.39 is 17.5 Å². The molecule has 3 rings (SSSR count). The largest absolute Gasteiger partial charge is 0.341 e. The number of amides is 2. The number of anilines is 1. The van der Waals surface area contributed by atoms with Gasteiger partial charge >= 0.3 is 0 Å². The van der Waals surface area contributed by atoms with E-state index >= 15 is 0 Å². The van der Waals surface area contributed by atoms with Crippen molar-refractivity contribution in [3.8, 4) is 0 Å². The molecule has 1 saturated carbocycles. The third-order valence-corrected chi connectivity index (χ3v) is 3.71. The van der Waals surface area contributed by atoms with Crippen molar-refractivity contribution in [2.45, 2.75) is 18.9 Å². The van der Waals surface area contributed by atoms with Crippen LogP contribution in [0.1, 0.15) is 23.2 Å². The van der Waals surface area contributed by atoms with Gasteiger partial charge in [-0.05, 0) is 31.0 Å². The predicted molar refractivity (Wildman–Crippen MR) is 68.9 cm³/mol. The summed E-state index contributed by atoms with van der Waals surface area (Å²) < 4.78 is 13.1. The van der Waals surface area contributed by atoms with Crippen LogP contribution in [0.4, 0.5) is 10.1 Å². The standard InChI is InChI=1S/C14H13FN2O3/c1-16(9-3-4-9)12(18)7-17-11-5-2-8(15)6-10(11)13(19)14(17)20/h2,5-6,9H,3-4,7H2,1H3. The smallest absolute Gasteiger partial charge is 0.299 e. The third-order valence-electron chi connectivity index (χ3n) is 3.71. The van der Waals surface area contributed by atoms with Crippen molar-refractivity contribution < 1.29 is 18.8 Å². The first kappa shape index (κ1) is 12.8. The molecule has 104 valence electrons. The van der Waals surface area contributed by atoms with Crippen LogP contribution in [-0.4, -0.2) is 42.1 Å². The third kappa shape index (κ3) is 1.97. The molecule has 1 aromatic carbocycles. The number of carbonyl (C=O) groups excluding carboxylic acids is 3. The van der Waals surface area contributed by atoms with Crippen LogP contribution in [-0.2, 0) is 9.59 Å². The lowest BCUT2D eigenvalue weighted by Gasteiger charge is -2.21. The molecule has 0 aromatic heterocycles. The quantitative estimate of drug-likeness (QED) is 0.773. The summed E-state index contributed by atoms with van der Waals surface area (Å²) in [6, 6.07) is 3.80. The zero-order valence-electron chi connectivity index (χ0n) is 10.9. The van der Waals surface area contributed by atoms with Gasteiger partial charge in [0.25, 0.3) is 11.7 Å². The zero-order valence-corrected chi connectivity index (χ0v) is 10.9. The predicted octanol–water partition coefficient (Wildman–Crippen LogP) is 0.976. The van der Waals surface area contributed by atoms with Crippen LogP contribution in [0.15, 0.2) is 18.2 Å². The van der Waals surface area contributed by atoms with Crippen molar-refractivity contribution in [2.75, 3.05) is 18.5 Å². The van der Waals surface area contributed by atoms with Gasteiger partial charge in [0.15, 0.2) is 0 Å². The fourth-order valence-corrected chi connectivity index (χ4v) is 2.34. The highest BCUT2D eigenvalue weighted by atomic mass is 19.1. The molecule has 6 heteroatoms.